The molecule has 0 atom stereocenters. The number of methoxy groups -OCH3 is 3. The number of nitrogens with zero attached hydrogens (tertiary/aromatic N) is 1. The minimum atomic E-state index is 0.621. The van der Waals surface area contributed by atoms with Gasteiger partial charge in [-0.1, -0.05) is 11.6 Å². The SMILES string of the molecule is COc1ccc(N2CCc3cc(OC)c(OC)c(Cl)c3CC2)cc1. The summed E-state index contributed by atoms with van der Waals surface area (Å²) < 4.78 is 16.1. The molecule has 1 heterocycles. The maximum Gasteiger partial charge on any atom is 0.179 e. The first-order valence-corrected chi connectivity index (χ1v) is 8.37. The molecular formula is C19H22ClNO3. The summed E-state index contributed by atoms with van der Waals surface area (Å²) in [6.07, 6.45) is 1.79. The van der Waals surface area contributed by atoms with Crippen molar-refractivity contribution in [1.82, 2.24) is 0 Å². The zero-order valence-corrected chi connectivity index (χ0v) is 15.0. The lowest BCUT2D eigenvalue weighted by molar-refractivity contribution is 0.354. The predicted octanol–water partition coefficient (Wildman–Crippen LogP) is 3.97. The van der Waals surface area contributed by atoms with Gasteiger partial charge in [-0.15, -0.1) is 0 Å². The van der Waals surface area contributed by atoms with Crippen LogP contribution in [0.1, 0.15) is 11.1 Å². The Kier molecular flexibility index (Phi) is 5.05. The third-order valence-corrected chi connectivity index (χ3v) is 4.93. The van der Waals surface area contributed by atoms with Crippen LogP contribution >= 0.6 is 11.6 Å². The fraction of sp³-hybridized carbons (Fsp3) is 0.368. The van der Waals surface area contributed by atoms with Gasteiger partial charge in [0.15, 0.2) is 11.5 Å². The largest absolute Gasteiger partial charge is 0.497 e. The predicted molar refractivity (Wildman–Crippen MR) is 97.2 cm³/mol. The van der Waals surface area contributed by atoms with E-state index in [1.54, 1.807) is 21.3 Å². The highest BCUT2D eigenvalue weighted by Gasteiger charge is 2.22. The fourth-order valence-corrected chi connectivity index (χ4v) is 3.58. The summed E-state index contributed by atoms with van der Waals surface area (Å²) in [5, 5.41) is 0.670. The van der Waals surface area contributed by atoms with E-state index in [0.717, 1.165) is 37.2 Å². The van der Waals surface area contributed by atoms with E-state index >= 15 is 0 Å². The Morgan fingerprint density at radius 2 is 1.62 bits per heavy atom. The van der Waals surface area contributed by atoms with Crippen LogP contribution in [0.5, 0.6) is 17.2 Å². The Hall–Kier alpha value is -2.07. The van der Waals surface area contributed by atoms with Crippen molar-refractivity contribution in [3.8, 4) is 17.2 Å². The molecule has 1 aliphatic heterocycles. The molecule has 5 heteroatoms. The molecule has 0 amide bonds. The number of fused-ring (bicyclic) bond motifs is 1. The van der Waals surface area contributed by atoms with Gasteiger partial charge in [-0.05, 0) is 54.3 Å². The Morgan fingerprint density at radius 1 is 0.917 bits per heavy atom. The summed E-state index contributed by atoms with van der Waals surface area (Å²) in [6, 6.07) is 10.2. The number of halogens is 1. The Bertz CT molecular complexity index is 716. The smallest absolute Gasteiger partial charge is 0.179 e. The van der Waals surface area contributed by atoms with Crippen molar-refractivity contribution in [2.45, 2.75) is 12.8 Å². The molecule has 128 valence electrons. The molecule has 0 spiro atoms. The van der Waals surface area contributed by atoms with Crippen molar-refractivity contribution < 1.29 is 14.2 Å². The van der Waals surface area contributed by atoms with Gasteiger partial charge in [-0.25, -0.2) is 0 Å². The quantitative estimate of drug-likeness (QED) is 0.837. The topological polar surface area (TPSA) is 30.9 Å². The maximum absolute atomic E-state index is 6.58. The van der Waals surface area contributed by atoms with Crippen molar-refractivity contribution in [3.05, 3.63) is 46.5 Å². The van der Waals surface area contributed by atoms with Gasteiger partial charge in [0.05, 0.1) is 26.4 Å². The first kappa shape index (κ1) is 16.8. The number of hydrogen-bond donors (Lipinski definition) is 0. The van der Waals surface area contributed by atoms with E-state index in [-0.39, 0.29) is 0 Å². The second-order valence-electron chi connectivity index (χ2n) is 5.75. The minimum Gasteiger partial charge on any atom is -0.497 e. The van der Waals surface area contributed by atoms with Gasteiger partial charge < -0.3 is 19.1 Å². The van der Waals surface area contributed by atoms with Crippen LogP contribution in [-0.2, 0) is 12.8 Å². The summed E-state index contributed by atoms with van der Waals surface area (Å²) in [6.45, 7) is 1.85. The molecular weight excluding hydrogens is 326 g/mol. The molecule has 3 rings (SSSR count). The molecule has 24 heavy (non-hydrogen) atoms. The van der Waals surface area contributed by atoms with Crippen LogP contribution in [0.3, 0.4) is 0 Å². The molecule has 0 unspecified atom stereocenters. The lowest BCUT2D eigenvalue weighted by Crippen LogP contribution is -2.25. The highest BCUT2D eigenvalue weighted by Crippen LogP contribution is 2.41. The van der Waals surface area contributed by atoms with Gasteiger partial charge in [0, 0.05) is 18.8 Å². The highest BCUT2D eigenvalue weighted by atomic mass is 35.5. The Labute approximate surface area is 147 Å². The molecule has 1 aliphatic rings. The summed E-state index contributed by atoms with van der Waals surface area (Å²) in [5.41, 5.74) is 3.58. The van der Waals surface area contributed by atoms with Crippen LogP contribution < -0.4 is 19.1 Å². The van der Waals surface area contributed by atoms with Crippen molar-refractivity contribution >= 4 is 17.3 Å². The second kappa shape index (κ2) is 7.22. The van der Waals surface area contributed by atoms with Crippen molar-refractivity contribution in [2.24, 2.45) is 0 Å². The van der Waals surface area contributed by atoms with Crippen LogP contribution in [0, 0.1) is 0 Å². The molecule has 0 N–H and O–H groups in total. The molecule has 2 aromatic rings. The molecule has 0 saturated carbocycles. The molecule has 0 radical (unpaired) electrons. The van der Waals surface area contributed by atoms with Gasteiger partial charge in [-0.2, -0.15) is 0 Å². The van der Waals surface area contributed by atoms with E-state index in [0.29, 0.717) is 16.5 Å². The number of rotatable bonds is 4. The first-order valence-electron chi connectivity index (χ1n) is 7.99. The number of anilines is 1. The standard InChI is InChI=1S/C19H22ClNO3/c1-22-15-6-4-14(5-7-15)21-10-8-13-12-17(23-2)19(24-3)18(20)16(13)9-11-21/h4-7,12H,8-11H2,1-3H3. The van der Waals surface area contributed by atoms with E-state index < -0.39 is 0 Å². The lowest BCUT2D eigenvalue weighted by Gasteiger charge is -2.22. The summed E-state index contributed by atoms with van der Waals surface area (Å²) >= 11 is 6.58. The van der Waals surface area contributed by atoms with Gasteiger partial charge >= 0.3 is 0 Å². The third-order valence-electron chi connectivity index (χ3n) is 4.53. The molecule has 0 saturated heterocycles. The Morgan fingerprint density at radius 3 is 2.25 bits per heavy atom. The number of benzene rings is 2. The summed E-state index contributed by atoms with van der Waals surface area (Å²) in [5.74, 6) is 2.18. The van der Waals surface area contributed by atoms with Gasteiger partial charge in [-0.3, -0.25) is 0 Å². The molecule has 4 nitrogen and oxygen atoms in total. The molecule has 0 aromatic heterocycles. The monoisotopic (exact) mass is 347 g/mol. The maximum atomic E-state index is 6.58. The van der Waals surface area contributed by atoms with E-state index in [4.69, 9.17) is 25.8 Å². The van der Waals surface area contributed by atoms with Crippen molar-refractivity contribution in [3.63, 3.8) is 0 Å². The van der Waals surface area contributed by atoms with Gasteiger partial charge in [0.2, 0.25) is 0 Å². The van der Waals surface area contributed by atoms with E-state index in [1.165, 1.54) is 11.3 Å². The second-order valence-corrected chi connectivity index (χ2v) is 6.13. The van der Waals surface area contributed by atoms with Crippen LogP contribution in [0.25, 0.3) is 0 Å². The summed E-state index contributed by atoms with van der Waals surface area (Å²) in [4.78, 5) is 2.37. The van der Waals surface area contributed by atoms with Crippen molar-refractivity contribution in [2.75, 3.05) is 39.3 Å². The number of ether oxygens (including phenoxy) is 3. The van der Waals surface area contributed by atoms with Gasteiger partial charge in [0.1, 0.15) is 5.75 Å². The first-order chi connectivity index (χ1) is 11.7. The van der Waals surface area contributed by atoms with E-state index in [2.05, 4.69) is 23.1 Å². The van der Waals surface area contributed by atoms with E-state index in [9.17, 15) is 0 Å². The average Bonchev–Trinajstić information content (AvgIpc) is 2.84. The minimum absolute atomic E-state index is 0.621. The normalized spacial score (nSPS) is 13.9. The van der Waals surface area contributed by atoms with Gasteiger partial charge in [0.25, 0.3) is 0 Å². The zero-order chi connectivity index (χ0) is 17.1. The van der Waals surface area contributed by atoms with Crippen LogP contribution in [-0.4, -0.2) is 34.4 Å². The van der Waals surface area contributed by atoms with Crippen molar-refractivity contribution in [1.29, 1.82) is 0 Å². The summed E-state index contributed by atoms with van der Waals surface area (Å²) in [7, 11) is 4.94. The molecule has 0 bridgehead atoms. The lowest BCUT2D eigenvalue weighted by atomic mass is 10.0. The number of hydrogen-bond acceptors (Lipinski definition) is 4. The zero-order valence-electron chi connectivity index (χ0n) is 14.3. The van der Waals surface area contributed by atoms with E-state index in [1.807, 2.05) is 12.1 Å². The molecule has 0 fully saturated rings. The van der Waals surface area contributed by atoms with Crippen LogP contribution in [0.15, 0.2) is 30.3 Å². The highest BCUT2D eigenvalue weighted by molar-refractivity contribution is 6.33. The van der Waals surface area contributed by atoms with Crippen LogP contribution in [0.4, 0.5) is 5.69 Å². The molecule has 0 aliphatic carbocycles. The fourth-order valence-electron chi connectivity index (χ4n) is 3.20. The third kappa shape index (κ3) is 3.11. The van der Waals surface area contributed by atoms with Crippen LogP contribution in [0.2, 0.25) is 5.02 Å². The average molecular weight is 348 g/mol. The Balaban J connectivity index is 1.87. The molecule has 2 aromatic carbocycles.